The van der Waals surface area contributed by atoms with E-state index in [-0.39, 0.29) is 13.2 Å². The number of rotatable bonds is 7. The number of aliphatic hydroxyl groups excluding tert-OH is 1. The Bertz CT molecular complexity index is 623. The van der Waals surface area contributed by atoms with Gasteiger partial charge in [0.05, 0.1) is 6.61 Å². The van der Waals surface area contributed by atoms with E-state index in [0.29, 0.717) is 5.75 Å². The van der Waals surface area contributed by atoms with Crippen LogP contribution in [0.2, 0.25) is 0 Å². The molecule has 0 saturated heterocycles. The SMILES string of the molecule is C=CC(=O)OCCOC(O)Oc1ccc2ccccc2c1. The van der Waals surface area contributed by atoms with Gasteiger partial charge in [0.25, 0.3) is 0 Å². The van der Waals surface area contributed by atoms with Gasteiger partial charge in [-0.05, 0) is 22.9 Å². The second-order valence-electron chi connectivity index (χ2n) is 4.18. The van der Waals surface area contributed by atoms with Gasteiger partial charge in [0, 0.05) is 6.08 Å². The molecule has 0 aliphatic rings. The van der Waals surface area contributed by atoms with Crippen LogP contribution in [0.25, 0.3) is 10.8 Å². The Kier molecular flexibility index (Phi) is 5.31. The maximum absolute atomic E-state index is 10.8. The van der Waals surface area contributed by atoms with E-state index in [1.165, 1.54) is 0 Å². The third kappa shape index (κ3) is 4.59. The fraction of sp³-hybridized carbons (Fsp3) is 0.188. The van der Waals surface area contributed by atoms with Crippen LogP contribution in [-0.2, 0) is 14.3 Å². The fourth-order valence-corrected chi connectivity index (χ4v) is 1.74. The van der Waals surface area contributed by atoms with Crippen molar-refractivity contribution >= 4 is 16.7 Å². The van der Waals surface area contributed by atoms with Crippen molar-refractivity contribution in [2.45, 2.75) is 6.48 Å². The quantitative estimate of drug-likeness (QED) is 0.366. The second kappa shape index (κ2) is 7.42. The van der Waals surface area contributed by atoms with Gasteiger partial charge in [-0.1, -0.05) is 36.9 Å². The lowest BCUT2D eigenvalue weighted by molar-refractivity contribution is -0.221. The van der Waals surface area contributed by atoms with Crippen LogP contribution in [0.15, 0.2) is 55.1 Å². The molecule has 0 aromatic heterocycles. The Morgan fingerprint density at radius 3 is 2.71 bits per heavy atom. The third-order valence-electron chi connectivity index (χ3n) is 2.71. The lowest BCUT2D eigenvalue weighted by Crippen LogP contribution is -2.22. The summed E-state index contributed by atoms with van der Waals surface area (Å²) in [5.74, 6) is -0.0483. The highest BCUT2D eigenvalue weighted by molar-refractivity contribution is 5.83. The van der Waals surface area contributed by atoms with Crippen molar-refractivity contribution in [3.8, 4) is 5.75 Å². The molecule has 0 radical (unpaired) electrons. The molecule has 2 rings (SSSR count). The first-order chi connectivity index (χ1) is 10.2. The van der Waals surface area contributed by atoms with E-state index in [4.69, 9.17) is 14.2 Å². The zero-order valence-electron chi connectivity index (χ0n) is 11.4. The number of carbonyl (C=O) groups is 1. The number of benzene rings is 2. The standard InChI is InChI=1S/C16H16O5/c1-2-15(17)19-9-10-20-16(18)21-14-8-7-12-5-3-4-6-13(12)11-14/h2-8,11,16,18H,1,9-10H2. The molecule has 0 saturated carbocycles. The number of fused-ring (bicyclic) bond motifs is 1. The van der Waals surface area contributed by atoms with Gasteiger partial charge in [0.15, 0.2) is 0 Å². The van der Waals surface area contributed by atoms with Crippen LogP contribution in [0.3, 0.4) is 0 Å². The second-order valence-corrected chi connectivity index (χ2v) is 4.18. The average molecular weight is 288 g/mol. The Morgan fingerprint density at radius 2 is 1.95 bits per heavy atom. The predicted octanol–water partition coefficient (Wildman–Crippen LogP) is 2.24. The van der Waals surface area contributed by atoms with Crippen molar-refractivity contribution in [3.63, 3.8) is 0 Å². The summed E-state index contributed by atoms with van der Waals surface area (Å²) >= 11 is 0. The lowest BCUT2D eigenvalue weighted by atomic mass is 10.1. The Labute approximate surface area is 122 Å². The Hall–Kier alpha value is -2.37. The molecule has 0 aliphatic heterocycles. The first kappa shape index (κ1) is 15.0. The van der Waals surface area contributed by atoms with E-state index in [2.05, 4.69) is 6.58 Å². The highest BCUT2D eigenvalue weighted by Gasteiger charge is 2.07. The molecule has 21 heavy (non-hydrogen) atoms. The molecule has 0 amide bonds. The van der Waals surface area contributed by atoms with E-state index in [1.54, 1.807) is 12.1 Å². The molecule has 0 bridgehead atoms. The number of ether oxygens (including phenoxy) is 3. The largest absolute Gasteiger partial charge is 0.460 e. The predicted molar refractivity (Wildman–Crippen MR) is 77.7 cm³/mol. The molecule has 5 heteroatoms. The van der Waals surface area contributed by atoms with Crippen LogP contribution < -0.4 is 4.74 Å². The molecule has 2 aromatic rings. The maximum atomic E-state index is 10.8. The zero-order valence-corrected chi connectivity index (χ0v) is 11.4. The monoisotopic (exact) mass is 288 g/mol. The molecule has 110 valence electrons. The topological polar surface area (TPSA) is 65.0 Å². The molecule has 1 atom stereocenters. The summed E-state index contributed by atoms with van der Waals surface area (Å²) in [5.41, 5.74) is 0. The van der Waals surface area contributed by atoms with Crippen LogP contribution in [0, 0.1) is 0 Å². The van der Waals surface area contributed by atoms with Gasteiger partial charge >= 0.3 is 12.4 Å². The summed E-state index contributed by atoms with van der Waals surface area (Å²) in [6.07, 6.45) is 1.06. The van der Waals surface area contributed by atoms with E-state index < -0.39 is 12.4 Å². The number of aliphatic hydroxyl groups is 1. The molecular weight excluding hydrogens is 272 g/mol. The summed E-state index contributed by atoms with van der Waals surface area (Å²) in [7, 11) is 0. The Morgan fingerprint density at radius 1 is 1.19 bits per heavy atom. The first-order valence-corrected chi connectivity index (χ1v) is 6.43. The fourth-order valence-electron chi connectivity index (χ4n) is 1.74. The highest BCUT2D eigenvalue weighted by Crippen LogP contribution is 2.21. The van der Waals surface area contributed by atoms with E-state index in [0.717, 1.165) is 16.8 Å². The molecule has 0 spiro atoms. The van der Waals surface area contributed by atoms with Gasteiger partial charge in [0.1, 0.15) is 12.4 Å². The van der Waals surface area contributed by atoms with Crippen molar-refractivity contribution in [2.75, 3.05) is 13.2 Å². The van der Waals surface area contributed by atoms with E-state index >= 15 is 0 Å². The zero-order chi connectivity index (χ0) is 15.1. The summed E-state index contributed by atoms with van der Waals surface area (Å²) in [6.45, 7) is 1.88. The minimum atomic E-state index is -1.42. The number of hydrogen-bond acceptors (Lipinski definition) is 5. The third-order valence-corrected chi connectivity index (χ3v) is 2.71. The van der Waals surface area contributed by atoms with Gasteiger partial charge in [-0.15, -0.1) is 0 Å². The van der Waals surface area contributed by atoms with Crippen LogP contribution >= 0.6 is 0 Å². The van der Waals surface area contributed by atoms with Crippen molar-refractivity contribution in [1.82, 2.24) is 0 Å². The van der Waals surface area contributed by atoms with E-state index in [9.17, 15) is 9.90 Å². The normalized spacial score (nSPS) is 11.9. The van der Waals surface area contributed by atoms with Crippen LogP contribution in [0.5, 0.6) is 5.75 Å². The molecule has 2 aromatic carbocycles. The molecule has 5 nitrogen and oxygen atoms in total. The highest BCUT2D eigenvalue weighted by atomic mass is 16.8. The Balaban J connectivity index is 1.82. The molecule has 1 N–H and O–H groups in total. The molecule has 0 fully saturated rings. The van der Waals surface area contributed by atoms with Gasteiger partial charge in [-0.3, -0.25) is 0 Å². The van der Waals surface area contributed by atoms with Crippen LogP contribution in [-0.4, -0.2) is 30.8 Å². The van der Waals surface area contributed by atoms with Crippen molar-refractivity contribution in [3.05, 3.63) is 55.1 Å². The van der Waals surface area contributed by atoms with Crippen molar-refractivity contribution < 1.29 is 24.1 Å². The van der Waals surface area contributed by atoms with Crippen LogP contribution in [0.1, 0.15) is 0 Å². The minimum Gasteiger partial charge on any atom is -0.460 e. The molecular formula is C16H16O5. The van der Waals surface area contributed by atoms with Gasteiger partial charge in [0.2, 0.25) is 0 Å². The van der Waals surface area contributed by atoms with Crippen molar-refractivity contribution in [1.29, 1.82) is 0 Å². The number of esters is 1. The molecule has 1 unspecified atom stereocenters. The van der Waals surface area contributed by atoms with Crippen LogP contribution in [0.4, 0.5) is 0 Å². The van der Waals surface area contributed by atoms with Crippen molar-refractivity contribution in [2.24, 2.45) is 0 Å². The van der Waals surface area contributed by atoms with E-state index in [1.807, 2.05) is 30.3 Å². The summed E-state index contributed by atoms with van der Waals surface area (Å²) in [4.78, 5) is 10.8. The number of hydrogen-bond donors (Lipinski definition) is 1. The first-order valence-electron chi connectivity index (χ1n) is 6.43. The van der Waals surface area contributed by atoms with Gasteiger partial charge in [-0.25, -0.2) is 4.79 Å². The smallest absolute Gasteiger partial charge is 0.330 e. The number of carbonyl (C=O) groups excluding carboxylic acids is 1. The minimum absolute atomic E-state index is 0.0169. The summed E-state index contributed by atoms with van der Waals surface area (Å²) < 4.78 is 14.9. The van der Waals surface area contributed by atoms with Gasteiger partial charge < -0.3 is 19.3 Å². The lowest BCUT2D eigenvalue weighted by Gasteiger charge is -2.14. The van der Waals surface area contributed by atoms with Gasteiger partial charge in [-0.2, -0.15) is 0 Å². The average Bonchev–Trinajstić information content (AvgIpc) is 2.51. The molecule has 0 aliphatic carbocycles. The summed E-state index contributed by atoms with van der Waals surface area (Å²) in [6, 6.07) is 13.2. The molecule has 0 heterocycles. The summed E-state index contributed by atoms with van der Waals surface area (Å²) in [5, 5.41) is 11.7. The maximum Gasteiger partial charge on any atom is 0.330 e.